The van der Waals surface area contributed by atoms with Crippen molar-refractivity contribution in [3.05, 3.63) is 113 Å². The molecule has 62 heavy (non-hydrogen) atoms. The molecule has 3 aromatic carbocycles. The molecule has 0 unspecified atom stereocenters. The zero-order valence-electron chi connectivity index (χ0n) is 33.4. The molecular weight excluding hydrogens is 808 g/mol. The maximum atomic E-state index is 12.6. The van der Waals surface area contributed by atoms with Gasteiger partial charge in [-0.2, -0.15) is 0 Å². The van der Waals surface area contributed by atoms with Crippen molar-refractivity contribution in [1.82, 2.24) is 10.2 Å². The van der Waals surface area contributed by atoms with Gasteiger partial charge in [-0.25, -0.2) is 0 Å². The summed E-state index contributed by atoms with van der Waals surface area (Å²) in [7, 11) is 1.53. The Morgan fingerprint density at radius 2 is 1.90 bits per heavy atom. The third-order valence-electron chi connectivity index (χ3n) is 11.9. The number of aliphatic hydroxyl groups excluding tert-OH is 4. The van der Waals surface area contributed by atoms with Crippen LogP contribution in [0.2, 0.25) is 0 Å². The highest BCUT2D eigenvalue weighted by Crippen LogP contribution is 2.59. The van der Waals surface area contributed by atoms with Gasteiger partial charge in [0, 0.05) is 54.7 Å². The summed E-state index contributed by atoms with van der Waals surface area (Å²) in [4.78, 5) is 30.5. The summed E-state index contributed by atoms with van der Waals surface area (Å²) >= 11 is 0. The molecule has 326 valence electrons. The van der Waals surface area contributed by atoms with Gasteiger partial charge in [0.2, 0.25) is 12.0 Å². The number of aliphatic hydroxyl groups is 4. The second-order valence-corrected chi connectivity index (χ2v) is 15.8. The highest BCUT2D eigenvalue weighted by molar-refractivity contribution is 5.90. The molecule has 1 fully saturated rings. The van der Waals surface area contributed by atoms with Crippen LogP contribution >= 0.6 is 0 Å². The number of allylic oxidation sites excluding steroid dienone is 1. The third-order valence-corrected chi connectivity index (χ3v) is 11.9. The van der Waals surface area contributed by atoms with Crippen LogP contribution in [-0.2, 0) is 32.0 Å². The number of nitrogens with zero attached hydrogens (tertiary/aromatic N) is 2. The average molecular weight is 855 g/mol. The molecule has 0 amide bonds. The fraction of sp³-hybridized carbons (Fsp3) is 0.386. The molecule has 1 saturated heterocycles. The molecule has 6 heterocycles. The maximum Gasteiger partial charge on any atom is 0.317 e. The number of nitrogens with two attached hydrogens (primary N) is 1. The van der Waals surface area contributed by atoms with E-state index in [0.717, 1.165) is 33.5 Å². The lowest BCUT2D eigenvalue weighted by Crippen LogP contribution is -2.74. The Bertz CT molecular complexity index is 2350. The summed E-state index contributed by atoms with van der Waals surface area (Å²) in [5, 5.41) is 55.8. The smallest absolute Gasteiger partial charge is 0.317 e. The van der Waals surface area contributed by atoms with E-state index >= 15 is 0 Å². The predicted molar refractivity (Wildman–Crippen MR) is 216 cm³/mol. The standard InChI is InChI=1S/C44H46N4O14/c1-56-28-8-7-26-34-29(15-22-5-3-2-4-6-22)59-30-17-25(58-43-36(54)35(53)40(55)44(62-43)10-12-47-42(45)41(44)60-32(52)18-31(50)51)16-24(20-48-19-23-9-11-46-27(23)21-48)33(30)39(34)61-37(26)38(28)57-14-13-49/h2-12,16-17,21,29,34-36,39-43,47,49,53-55H,13-15,18-20,45H2,1H3,(H,50,51)/t29-,34-,35-,36-,39+,40+,41-,42+,43-,44+/m1/s1. The van der Waals surface area contributed by atoms with Gasteiger partial charge in [0.1, 0.15) is 61.2 Å². The van der Waals surface area contributed by atoms with Gasteiger partial charge in [-0.05, 0) is 41.6 Å². The number of methoxy groups -OCH3 is 1. The minimum atomic E-state index is -2.10. The van der Waals surface area contributed by atoms with Crippen molar-refractivity contribution >= 4 is 18.2 Å². The fourth-order valence-electron chi connectivity index (χ4n) is 9.08. The molecule has 0 saturated carbocycles. The van der Waals surface area contributed by atoms with Crippen LogP contribution in [0.1, 0.15) is 40.7 Å². The Morgan fingerprint density at radius 3 is 2.66 bits per heavy atom. The number of aliphatic carboxylic acids is 1. The lowest BCUT2D eigenvalue weighted by atomic mass is 9.79. The molecule has 0 aliphatic carbocycles. The van der Waals surface area contributed by atoms with Crippen LogP contribution in [0.4, 0.5) is 0 Å². The second-order valence-electron chi connectivity index (χ2n) is 15.8. The van der Waals surface area contributed by atoms with Crippen molar-refractivity contribution in [2.45, 2.75) is 80.0 Å². The number of carbonyl (C=O) groups excluding carboxylic acids is 1. The van der Waals surface area contributed by atoms with E-state index in [-0.39, 0.29) is 24.9 Å². The Morgan fingerprint density at radius 1 is 1.08 bits per heavy atom. The van der Waals surface area contributed by atoms with E-state index in [1.54, 1.807) is 18.3 Å². The van der Waals surface area contributed by atoms with Gasteiger partial charge in [-0.1, -0.05) is 36.4 Å². The molecule has 10 atom stereocenters. The van der Waals surface area contributed by atoms with Crippen LogP contribution in [0.3, 0.4) is 0 Å². The zero-order chi connectivity index (χ0) is 43.3. The van der Waals surface area contributed by atoms with E-state index in [9.17, 15) is 35.1 Å². The molecule has 3 aromatic rings. The number of carboxylic acid groups (broad SMARTS) is 1. The lowest BCUT2D eigenvalue weighted by molar-refractivity contribution is -0.321. The van der Waals surface area contributed by atoms with E-state index in [1.807, 2.05) is 54.7 Å². The van der Waals surface area contributed by atoms with Gasteiger partial charge in [-0.3, -0.25) is 14.6 Å². The van der Waals surface area contributed by atoms with Crippen LogP contribution < -0.4 is 34.7 Å². The quantitative estimate of drug-likeness (QED) is 0.0945. The van der Waals surface area contributed by atoms with Crippen LogP contribution in [0, 0.1) is 0 Å². The maximum absolute atomic E-state index is 12.6. The predicted octanol–water partition coefficient (Wildman–Crippen LogP) is 1.30. The summed E-state index contributed by atoms with van der Waals surface area (Å²) < 4.78 is 43.8. The number of carbonyl (C=O) groups is 2. The van der Waals surface area contributed by atoms with Crippen molar-refractivity contribution in [2.24, 2.45) is 10.7 Å². The van der Waals surface area contributed by atoms with Crippen LogP contribution in [-0.4, -0.2) is 124 Å². The Kier molecular flexibility index (Phi) is 11.0. The monoisotopic (exact) mass is 854 g/mol. The summed E-state index contributed by atoms with van der Waals surface area (Å²) in [5.41, 5.74) is 9.34. The fourth-order valence-corrected chi connectivity index (χ4v) is 9.08. The van der Waals surface area contributed by atoms with Crippen molar-refractivity contribution in [2.75, 3.05) is 26.9 Å². The normalized spacial score (nSPS) is 29.8. The van der Waals surface area contributed by atoms with Crippen molar-refractivity contribution in [3.8, 4) is 28.7 Å². The van der Waals surface area contributed by atoms with Gasteiger partial charge >= 0.3 is 11.9 Å². The molecule has 18 nitrogen and oxygen atoms in total. The number of ether oxygens (including phenoxy) is 7. The SMILES string of the molecule is COc1ccc2c(c1OCCO)O[C@H]1c3c(CN4C=C5N=CC=C5C4)cc(O[C@@H]4O[C@@]5(C=CN[C@H](N)[C@H]5OC(=O)CC(=O)O)[C@@H](O)[C@H](O)[C@H]4O)cc3O[C@H](Cc3ccccc3)[C@@H]21. The topological polar surface area (TPSA) is 254 Å². The molecule has 1 spiro atoms. The zero-order valence-corrected chi connectivity index (χ0v) is 33.4. The van der Waals surface area contributed by atoms with Gasteiger partial charge < -0.3 is 74.6 Å². The molecule has 6 aliphatic rings. The second kappa shape index (κ2) is 16.6. The molecule has 18 heteroatoms. The number of carboxylic acids is 1. The first kappa shape index (κ1) is 41.2. The Hall–Kier alpha value is -6.15. The largest absolute Gasteiger partial charge is 0.493 e. The lowest BCUT2D eigenvalue weighted by Gasteiger charge is -2.52. The number of hydrogen-bond donors (Lipinski definition) is 7. The van der Waals surface area contributed by atoms with Gasteiger partial charge in [0.25, 0.3) is 0 Å². The molecule has 6 aliphatic heterocycles. The average Bonchev–Trinajstić information content (AvgIpc) is 3.97. The van der Waals surface area contributed by atoms with Crippen molar-refractivity contribution in [1.29, 1.82) is 0 Å². The van der Waals surface area contributed by atoms with Crippen LogP contribution in [0.15, 0.2) is 95.4 Å². The van der Waals surface area contributed by atoms with E-state index in [2.05, 4.69) is 15.2 Å². The van der Waals surface area contributed by atoms with E-state index in [4.69, 9.17) is 38.9 Å². The molecule has 0 radical (unpaired) electrons. The third kappa shape index (κ3) is 7.37. The molecule has 0 aromatic heterocycles. The van der Waals surface area contributed by atoms with E-state index < -0.39 is 73.0 Å². The van der Waals surface area contributed by atoms with Crippen LogP contribution in [0.5, 0.6) is 28.7 Å². The van der Waals surface area contributed by atoms with Gasteiger partial charge in [0.15, 0.2) is 23.2 Å². The van der Waals surface area contributed by atoms with Crippen LogP contribution in [0.25, 0.3) is 0 Å². The molecule has 8 N–H and O–H groups in total. The van der Waals surface area contributed by atoms with Gasteiger partial charge in [0.05, 0.1) is 25.3 Å². The highest BCUT2D eigenvalue weighted by atomic mass is 16.7. The number of fused-ring (bicyclic) bond motifs is 6. The summed E-state index contributed by atoms with van der Waals surface area (Å²) in [6.45, 7) is 0.671. The van der Waals surface area contributed by atoms with Gasteiger partial charge in [-0.15, -0.1) is 0 Å². The minimum absolute atomic E-state index is 0.00575. The first-order valence-corrected chi connectivity index (χ1v) is 20.1. The minimum Gasteiger partial charge on any atom is -0.493 e. The Labute approximate surface area is 355 Å². The van der Waals surface area contributed by atoms with Crippen molar-refractivity contribution in [3.63, 3.8) is 0 Å². The number of nitrogens with one attached hydrogen (secondary N) is 1. The summed E-state index contributed by atoms with van der Waals surface area (Å²) in [6.07, 6.45) is -3.53. The number of hydrogen-bond acceptors (Lipinski definition) is 17. The number of aliphatic imine (C=N–C) groups is 1. The summed E-state index contributed by atoms with van der Waals surface area (Å²) in [6, 6.07) is 17.0. The number of esters is 1. The Balaban J connectivity index is 1.13. The first-order valence-electron chi connectivity index (χ1n) is 20.1. The molecule has 0 bridgehead atoms. The molecule has 9 rings (SSSR count). The summed E-state index contributed by atoms with van der Waals surface area (Å²) in [5.74, 6) is -1.16. The van der Waals surface area contributed by atoms with E-state index in [0.29, 0.717) is 42.5 Å². The number of rotatable bonds is 13. The highest BCUT2D eigenvalue weighted by Gasteiger charge is 2.61. The van der Waals surface area contributed by atoms with Crippen molar-refractivity contribution < 1.29 is 68.3 Å². The molecular formula is C44H46N4O14. The number of benzene rings is 3. The first-order chi connectivity index (χ1) is 30.0. The van der Waals surface area contributed by atoms with E-state index in [1.165, 1.54) is 19.4 Å².